The van der Waals surface area contributed by atoms with E-state index >= 15 is 0 Å². The lowest BCUT2D eigenvalue weighted by molar-refractivity contribution is 0.0661. The Morgan fingerprint density at radius 3 is 2.70 bits per heavy atom. The van der Waals surface area contributed by atoms with Crippen molar-refractivity contribution in [3.63, 3.8) is 0 Å². The third-order valence-corrected chi connectivity index (χ3v) is 5.58. The quantitative estimate of drug-likeness (QED) is 0.780. The minimum absolute atomic E-state index is 0.0567. The zero-order valence-electron chi connectivity index (χ0n) is 10.4. The Hall–Kier alpha value is -1.30. The monoisotopic (exact) mass is 361 g/mol. The summed E-state index contributed by atoms with van der Waals surface area (Å²) in [6.07, 6.45) is 7.16. The number of halogens is 1. The Morgan fingerprint density at radius 2 is 2.25 bits per heavy atom. The van der Waals surface area contributed by atoms with E-state index in [4.69, 9.17) is 15.9 Å². The zero-order valence-corrected chi connectivity index (χ0v) is 12.8. The summed E-state index contributed by atoms with van der Waals surface area (Å²) in [5.41, 5.74) is 0. The molecule has 1 N–H and O–H groups in total. The molecule has 1 saturated carbocycles. The highest BCUT2D eigenvalue weighted by molar-refractivity contribution is 9.10. The molecule has 1 heterocycles. The lowest BCUT2D eigenvalue weighted by Gasteiger charge is -2.18. The second-order valence-electron chi connectivity index (χ2n) is 4.50. The van der Waals surface area contributed by atoms with Crippen LogP contribution in [0.2, 0.25) is 0 Å². The first kappa shape index (κ1) is 15.1. The minimum Gasteiger partial charge on any atom is -0.475 e. The fraction of sp³-hybridized carbons (Fsp3) is 0.417. The number of furan rings is 1. The molecule has 0 radical (unpaired) electrons. The molecule has 1 aliphatic carbocycles. The van der Waals surface area contributed by atoms with Crippen molar-refractivity contribution in [1.29, 1.82) is 0 Å². The van der Waals surface area contributed by atoms with Crippen LogP contribution in [0.1, 0.15) is 23.4 Å². The van der Waals surface area contributed by atoms with E-state index in [0.29, 0.717) is 12.5 Å². The summed E-state index contributed by atoms with van der Waals surface area (Å²) in [4.78, 5) is 10.6. The maximum Gasteiger partial charge on any atom is 0.371 e. The fourth-order valence-corrected chi connectivity index (χ4v) is 4.04. The Bertz CT molecular complexity index is 669. The van der Waals surface area contributed by atoms with Gasteiger partial charge in [0.05, 0.1) is 6.54 Å². The molecule has 0 aromatic carbocycles. The van der Waals surface area contributed by atoms with Crippen LogP contribution in [0.4, 0.5) is 0 Å². The van der Waals surface area contributed by atoms with E-state index in [1.165, 1.54) is 4.31 Å². The van der Waals surface area contributed by atoms with Crippen LogP contribution in [-0.2, 0) is 10.0 Å². The number of carboxylic acids is 1. The van der Waals surface area contributed by atoms with Gasteiger partial charge in [0.25, 0.3) is 0 Å². The van der Waals surface area contributed by atoms with Gasteiger partial charge >= 0.3 is 5.97 Å². The van der Waals surface area contributed by atoms with E-state index in [0.717, 1.165) is 18.9 Å². The first-order chi connectivity index (χ1) is 9.36. The predicted molar refractivity (Wildman–Crippen MR) is 73.7 cm³/mol. The third kappa shape index (κ3) is 3.06. The van der Waals surface area contributed by atoms with Gasteiger partial charge in [-0.05, 0) is 34.7 Å². The molecular formula is C12H12BrNO5S. The topological polar surface area (TPSA) is 87.8 Å². The summed E-state index contributed by atoms with van der Waals surface area (Å²) in [6.45, 7) is 0.283. The van der Waals surface area contributed by atoms with Gasteiger partial charge in [-0.3, -0.25) is 0 Å². The molecule has 6 nitrogen and oxygen atoms in total. The summed E-state index contributed by atoms with van der Waals surface area (Å²) in [5.74, 6) is 0.855. The molecule has 8 heteroatoms. The summed E-state index contributed by atoms with van der Waals surface area (Å²) < 4.78 is 30.9. The molecular weight excluding hydrogens is 350 g/mol. The Morgan fingerprint density at radius 1 is 1.60 bits per heavy atom. The lowest BCUT2D eigenvalue weighted by atomic mass is 10.4. The van der Waals surface area contributed by atoms with Gasteiger partial charge in [0.1, 0.15) is 4.90 Å². The zero-order chi connectivity index (χ0) is 14.9. The van der Waals surface area contributed by atoms with E-state index in [-0.39, 0.29) is 16.1 Å². The van der Waals surface area contributed by atoms with Crippen LogP contribution >= 0.6 is 15.9 Å². The van der Waals surface area contributed by atoms with Crippen molar-refractivity contribution < 1.29 is 22.7 Å². The second kappa shape index (κ2) is 5.60. The van der Waals surface area contributed by atoms with Gasteiger partial charge in [0.15, 0.2) is 4.67 Å². The van der Waals surface area contributed by atoms with E-state index in [2.05, 4.69) is 21.9 Å². The average Bonchev–Trinajstić information content (AvgIpc) is 3.08. The van der Waals surface area contributed by atoms with Crippen molar-refractivity contribution >= 4 is 31.9 Å². The summed E-state index contributed by atoms with van der Waals surface area (Å²) in [7, 11) is -3.87. The van der Waals surface area contributed by atoms with E-state index in [1.54, 1.807) is 0 Å². The lowest BCUT2D eigenvalue weighted by Crippen LogP contribution is -2.33. The minimum atomic E-state index is -3.87. The van der Waals surface area contributed by atoms with Crippen molar-refractivity contribution in [2.75, 3.05) is 13.1 Å². The maximum atomic E-state index is 12.5. The normalized spacial score (nSPS) is 15.2. The highest BCUT2D eigenvalue weighted by Crippen LogP contribution is 2.33. The molecule has 1 fully saturated rings. The fourth-order valence-electron chi connectivity index (χ4n) is 1.71. The highest BCUT2D eigenvalue weighted by atomic mass is 79.9. The van der Waals surface area contributed by atoms with Crippen LogP contribution < -0.4 is 0 Å². The number of rotatable bonds is 6. The molecule has 2 rings (SSSR count). The number of aromatic carboxylic acids is 1. The van der Waals surface area contributed by atoms with Crippen molar-refractivity contribution in [2.45, 2.75) is 17.7 Å². The van der Waals surface area contributed by atoms with Crippen LogP contribution in [0.25, 0.3) is 0 Å². The number of nitrogens with zero attached hydrogens (tertiary/aromatic N) is 1. The van der Waals surface area contributed by atoms with Crippen LogP contribution in [0.15, 0.2) is 20.0 Å². The number of hydrogen-bond acceptors (Lipinski definition) is 4. The van der Waals surface area contributed by atoms with Crippen molar-refractivity contribution in [1.82, 2.24) is 4.31 Å². The predicted octanol–water partition coefficient (Wildman–Crippen LogP) is 1.77. The third-order valence-electron chi connectivity index (χ3n) is 2.91. The molecule has 0 spiro atoms. The Labute approximate surface area is 124 Å². The molecule has 0 saturated heterocycles. The smallest absolute Gasteiger partial charge is 0.371 e. The van der Waals surface area contributed by atoms with Crippen LogP contribution in [0, 0.1) is 18.3 Å². The first-order valence-corrected chi connectivity index (χ1v) is 8.05. The molecule has 1 aromatic heterocycles. The van der Waals surface area contributed by atoms with Gasteiger partial charge in [-0.15, -0.1) is 6.42 Å². The van der Waals surface area contributed by atoms with Gasteiger partial charge in [-0.1, -0.05) is 5.92 Å². The molecule has 0 bridgehead atoms. The summed E-state index contributed by atoms with van der Waals surface area (Å²) >= 11 is 2.94. The van der Waals surface area contributed by atoms with Gasteiger partial charge in [-0.2, -0.15) is 4.31 Å². The molecule has 1 aromatic rings. The Kier molecular flexibility index (Phi) is 4.22. The molecule has 0 atom stereocenters. The number of sulfonamides is 1. The SMILES string of the molecule is C#CCN(CC1CC1)S(=O)(=O)c1cc(C(=O)O)oc1Br. The number of carboxylic acid groups (broad SMARTS) is 1. The molecule has 20 heavy (non-hydrogen) atoms. The molecule has 0 aliphatic heterocycles. The summed E-state index contributed by atoms with van der Waals surface area (Å²) in [6, 6.07) is 0.984. The average molecular weight is 362 g/mol. The molecule has 0 amide bonds. The largest absolute Gasteiger partial charge is 0.475 e. The number of carbonyl (C=O) groups is 1. The molecule has 0 unspecified atom stereocenters. The van der Waals surface area contributed by atoms with Crippen molar-refractivity contribution in [3.8, 4) is 12.3 Å². The standard InChI is InChI=1S/C12H12BrNO5S/c1-2-5-14(7-8-3-4-8)20(17,18)10-6-9(12(15)16)19-11(10)13/h1,6,8H,3-5,7H2,(H,15,16). The van der Waals surface area contributed by atoms with Gasteiger partial charge < -0.3 is 9.52 Å². The van der Waals surface area contributed by atoms with Gasteiger partial charge in [0.2, 0.25) is 15.8 Å². The molecule has 108 valence electrons. The van der Waals surface area contributed by atoms with Crippen LogP contribution in [0.3, 0.4) is 0 Å². The first-order valence-electron chi connectivity index (χ1n) is 5.82. The van der Waals surface area contributed by atoms with E-state index < -0.39 is 21.8 Å². The number of terminal acetylenes is 1. The highest BCUT2D eigenvalue weighted by Gasteiger charge is 2.34. The number of hydrogen-bond donors (Lipinski definition) is 1. The maximum absolute atomic E-state index is 12.5. The second-order valence-corrected chi connectivity index (χ2v) is 7.13. The van der Waals surface area contributed by atoms with Crippen LogP contribution in [0.5, 0.6) is 0 Å². The van der Waals surface area contributed by atoms with Crippen molar-refractivity contribution in [2.24, 2.45) is 5.92 Å². The Balaban J connectivity index is 2.36. The molecule has 1 aliphatic rings. The van der Waals surface area contributed by atoms with Gasteiger partial charge in [-0.25, -0.2) is 13.2 Å². The summed E-state index contributed by atoms with van der Waals surface area (Å²) in [5, 5.41) is 8.83. The van der Waals surface area contributed by atoms with Gasteiger partial charge in [0, 0.05) is 12.6 Å². The van der Waals surface area contributed by atoms with Crippen LogP contribution in [-0.4, -0.2) is 36.9 Å². The van der Waals surface area contributed by atoms with E-state index in [9.17, 15) is 13.2 Å². The van der Waals surface area contributed by atoms with Crippen molar-refractivity contribution in [3.05, 3.63) is 16.5 Å². The van der Waals surface area contributed by atoms with E-state index in [1.807, 2.05) is 0 Å².